The van der Waals surface area contributed by atoms with E-state index in [1.165, 1.54) is 36.1 Å². The van der Waals surface area contributed by atoms with Crippen LogP contribution in [0.15, 0.2) is 53.3 Å². The average Bonchev–Trinajstić information content (AvgIpc) is 3.38. The highest BCUT2D eigenvalue weighted by molar-refractivity contribution is 6.35. The topological polar surface area (TPSA) is 105 Å². The Morgan fingerprint density at radius 3 is 2.29 bits per heavy atom. The molecule has 2 amide bonds. The molecule has 1 spiro atoms. The Morgan fingerprint density at radius 1 is 0.927 bits per heavy atom. The van der Waals surface area contributed by atoms with Gasteiger partial charge >= 0.3 is 0 Å². The number of hydrogen-bond acceptors (Lipinski definition) is 7. The van der Waals surface area contributed by atoms with Gasteiger partial charge in [-0.1, -0.05) is 29.8 Å². The van der Waals surface area contributed by atoms with Crippen molar-refractivity contribution in [2.24, 2.45) is 11.3 Å². The standard InChI is InChI=1S/C42H44ClF2N5O3.CH2O/c1-41(2)29-8-6-26(18-34(29)50-33-5-3-4-30(43)37(33)39(53)47-40(41)50)25-10-14-48(15-11-25)23-24-21-42(22-24)12-16-49(17-13-42)27-19-31(44)36(32(45)20-27)28-7-9-35(51)46-38(28)52;1-2/h3-6,8,18-20,24-25,28H,7,9-17,21-23H2,1-2H3,(H,46,51,52);1H2. The van der Waals surface area contributed by atoms with Crippen LogP contribution in [0.1, 0.15) is 99.6 Å². The highest BCUT2D eigenvalue weighted by Crippen LogP contribution is 2.53. The van der Waals surface area contributed by atoms with Crippen molar-refractivity contribution in [2.75, 3.05) is 37.6 Å². The molecule has 9 rings (SSSR count). The molecule has 1 atom stereocenters. The molecule has 1 N–H and O–H groups in total. The number of nitrogens with one attached hydrogen (secondary N) is 1. The molecule has 1 unspecified atom stereocenters. The molecule has 1 saturated carbocycles. The second-order valence-corrected chi connectivity index (χ2v) is 17.2. The van der Waals surface area contributed by atoms with E-state index in [4.69, 9.17) is 16.4 Å². The third-order valence-corrected chi connectivity index (χ3v) is 13.5. The maximum Gasteiger partial charge on any atom is 0.282 e. The Kier molecular flexibility index (Phi) is 9.69. The number of rotatable bonds is 5. The SMILES string of the molecule is C=O.CC1(C)c2ccc(C3CCN(CC4CC5(CCN(c6cc(F)c(C7CCC(=O)NC7=O)c(F)c6)CC5)C4)CC3)cc2-n2c1nc(=O)c1c(Cl)cccc12. The molecule has 55 heavy (non-hydrogen) atoms. The molecule has 288 valence electrons. The Balaban J connectivity index is 0.00000210. The number of benzene rings is 3. The van der Waals surface area contributed by atoms with Gasteiger partial charge in [0.05, 0.1) is 32.9 Å². The number of likely N-dealkylation sites (tertiary alicyclic amines) is 1. The van der Waals surface area contributed by atoms with E-state index >= 15 is 8.78 Å². The number of halogens is 3. The molecule has 0 bridgehead atoms. The fraction of sp³-hybridized carbons (Fsp3) is 0.465. The van der Waals surface area contributed by atoms with Crippen LogP contribution in [0.5, 0.6) is 0 Å². The summed E-state index contributed by atoms with van der Waals surface area (Å²) in [6, 6.07) is 15.1. The Bertz CT molecular complexity index is 2230. The number of amides is 2. The minimum absolute atomic E-state index is 0.0761. The second-order valence-electron chi connectivity index (χ2n) is 16.8. The van der Waals surface area contributed by atoms with Crippen molar-refractivity contribution in [3.63, 3.8) is 0 Å². The van der Waals surface area contributed by atoms with Gasteiger partial charge in [-0.2, -0.15) is 4.98 Å². The number of anilines is 1. The monoisotopic (exact) mass is 769 g/mol. The highest BCUT2D eigenvalue weighted by atomic mass is 35.5. The van der Waals surface area contributed by atoms with E-state index < -0.39 is 34.8 Å². The summed E-state index contributed by atoms with van der Waals surface area (Å²) in [6.45, 7) is 11.0. The summed E-state index contributed by atoms with van der Waals surface area (Å²) in [5.74, 6) is -1.57. The fourth-order valence-corrected chi connectivity index (χ4v) is 10.6. The first-order valence-electron chi connectivity index (χ1n) is 19.4. The molecular weight excluding hydrogens is 724 g/mol. The summed E-state index contributed by atoms with van der Waals surface area (Å²) in [4.78, 5) is 54.1. The van der Waals surface area contributed by atoms with E-state index in [9.17, 15) is 14.4 Å². The van der Waals surface area contributed by atoms with Gasteiger partial charge in [-0.25, -0.2) is 8.78 Å². The van der Waals surface area contributed by atoms with E-state index in [1.54, 1.807) is 6.07 Å². The number of hydrogen-bond donors (Lipinski definition) is 1. The summed E-state index contributed by atoms with van der Waals surface area (Å²) in [6.07, 6.45) is 6.81. The molecule has 3 aromatic carbocycles. The van der Waals surface area contributed by atoms with Crippen molar-refractivity contribution >= 4 is 46.8 Å². The van der Waals surface area contributed by atoms with Gasteiger partial charge in [0, 0.05) is 37.3 Å². The van der Waals surface area contributed by atoms with Crippen LogP contribution < -0.4 is 15.8 Å². The lowest BCUT2D eigenvalue weighted by molar-refractivity contribution is -0.134. The lowest BCUT2D eigenvalue weighted by Crippen LogP contribution is -2.50. The van der Waals surface area contributed by atoms with Gasteiger partial charge in [-0.15, -0.1) is 0 Å². The summed E-state index contributed by atoms with van der Waals surface area (Å²) in [5, 5.41) is 3.09. The quantitative estimate of drug-likeness (QED) is 0.215. The van der Waals surface area contributed by atoms with Crippen LogP contribution in [0, 0.1) is 23.0 Å². The second kappa shape index (κ2) is 14.2. The van der Waals surface area contributed by atoms with Gasteiger partial charge < -0.3 is 14.6 Å². The zero-order valence-electron chi connectivity index (χ0n) is 31.3. The van der Waals surface area contributed by atoms with E-state index in [0.717, 1.165) is 75.4 Å². The first-order valence-corrected chi connectivity index (χ1v) is 19.7. The van der Waals surface area contributed by atoms with Gasteiger partial charge in [0.15, 0.2) is 0 Å². The maximum atomic E-state index is 15.2. The van der Waals surface area contributed by atoms with Gasteiger partial charge in [-0.3, -0.25) is 24.3 Å². The number of nitrogens with zero attached hydrogens (tertiary/aromatic N) is 4. The molecule has 3 saturated heterocycles. The van der Waals surface area contributed by atoms with E-state index in [1.807, 2.05) is 18.9 Å². The number of carbonyl (C=O) groups is 3. The van der Waals surface area contributed by atoms with Crippen molar-refractivity contribution in [1.29, 1.82) is 0 Å². The van der Waals surface area contributed by atoms with E-state index in [-0.39, 0.29) is 24.0 Å². The lowest BCUT2D eigenvalue weighted by Gasteiger charge is -2.54. The molecule has 12 heteroatoms. The summed E-state index contributed by atoms with van der Waals surface area (Å²) >= 11 is 6.49. The predicted octanol–water partition coefficient (Wildman–Crippen LogP) is 7.17. The molecule has 5 aliphatic rings. The van der Waals surface area contributed by atoms with Crippen LogP contribution in [0.4, 0.5) is 14.5 Å². The van der Waals surface area contributed by atoms with Crippen molar-refractivity contribution < 1.29 is 23.2 Å². The molecule has 1 aromatic heterocycles. The molecule has 5 heterocycles. The Labute approximate surface area is 324 Å². The van der Waals surface area contributed by atoms with Crippen LogP contribution in [0.3, 0.4) is 0 Å². The summed E-state index contributed by atoms with van der Waals surface area (Å²) in [5.41, 5.74) is 4.31. The van der Waals surface area contributed by atoms with Gasteiger partial charge in [-0.05, 0) is 131 Å². The van der Waals surface area contributed by atoms with Crippen LogP contribution in [0.25, 0.3) is 16.6 Å². The summed E-state index contributed by atoms with van der Waals surface area (Å²) < 4.78 is 32.5. The number of piperidine rings is 3. The number of carbonyl (C=O) groups excluding carboxylic acids is 3. The molecule has 9 nitrogen and oxygen atoms in total. The zero-order valence-corrected chi connectivity index (χ0v) is 32.1. The Morgan fingerprint density at radius 2 is 1.62 bits per heavy atom. The third kappa shape index (κ3) is 6.46. The normalized spacial score (nSPS) is 22.1. The van der Waals surface area contributed by atoms with E-state index in [2.05, 4.69) is 56.7 Å². The van der Waals surface area contributed by atoms with Crippen LogP contribution in [0.2, 0.25) is 5.02 Å². The molecule has 4 fully saturated rings. The van der Waals surface area contributed by atoms with Crippen LogP contribution >= 0.6 is 11.6 Å². The number of imide groups is 1. The van der Waals surface area contributed by atoms with Crippen molar-refractivity contribution in [3.05, 3.63) is 98.1 Å². The molecule has 4 aromatic rings. The number of fused-ring (bicyclic) bond motifs is 5. The van der Waals surface area contributed by atoms with Crippen molar-refractivity contribution in [2.45, 2.75) is 82.5 Å². The zero-order chi connectivity index (χ0) is 38.8. The van der Waals surface area contributed by atoms with Crippen molar-refractivity contribution in [1.82, 2.24) is 19.8 Å². The largest absolute Gasteiger partial charge is 0.371 e. The minimum atomic E-state index is -0.984. The Hall–Kier alpha value is -4.48. The highest BCUT2D eigenvalue weighted by Gasteiger charge is 2.46. The fourth-order valence-electron chi connectivity index (χ4n) is 10.3. The predicted molar refractivity (Wildman–Crippen MR) is 208 cm³/mol. The minimum Gasteiger partial charge on any atom is -0.371 e. The van der Waals surface area contributed by atoms with Gasteiger partial charge in [0.2, 0.25) is 11.8 Å². The van der Waals surface area contributed by atoms with Gasteiger partial charge in [0.25, 0.3) is 5.56 Å². The number of aromatic nitrogens is 2. The van der Waals surface area contributed by atoms with Gasteiger partial charge in [0.1, 0.15) is 24.2 Å². The average molecular weight is 770 g/mol. The first-order chi connectivity index (χ1) is 26.4. The van der Waals surface area contributed by atoms with Crippen LogP contribution in [-0.4, -0.2) is 65.8 Å². The lowest BCUT2D eigenvalue weighted by atomic mass is 9.57. The maximum absolute atomic E-state index is 15.2. The first kappa shape index (κ1) is 37.4. The third-order valence-electron chi connectivity index (χ3n) is 13.2. The van der Waals surface area contributed by atoms with Crippen LogP contribution in [-0.2, 0) is 19.8 Å². The smallest absolute Gasteiger partial charge is 0.282 e. The molecular formula is C43H46ClF2N5O4. The summed E-state index contributed by atoms with van der Waals surface area (Å²) in [7, 11) is 0. The molecule has 1 aliphatic carbocycles. The van der Waals surface area contributed by atoms with E-state index in [0.29, 0.717) is 33.3 Å². The molecule has 4 aliphatic heterocycles. The molecule has 0 radical (unpaired) electrons. The van der Waals surface area contributed by atoms with Crippen molar-refractivity contribution in [3.8, 4) is 5.69 Å².